The van der Waals surface area contributed by atoms with Crippen molar-refractivity contribution in [2.45, 2.75) is 6.42 Å². The number of carbonyl (C=O) groups is 1. The van der Waals surface area contributed by atoms with Crippen LogP contribution in [0.15, 0.2) is 71.1 Å². The standard InChI is InChI=1S/C23H17Cl2N3O3S/c24-15-11-18(25)22-19(12-15)27-21(31-22)10-14-6-8-16(9-7-14)26-23(32)28-20(29)13-30-17-4-2-1-3-5-17/h1-9,11-12H,10,13H2,(H2,26,28,29,32). The van der Waals surface area contributed by atoms with E-state index in [9.17, 15) is 4.79 Å². The fraction of sp³-hybridized carbons (Fsp3) is 0.0870. The molecule has 32 heavy (non-hydrogen) atoms. The lowest BCUT2D eigenvalue weighted by atomic mass is 10.1. The Morgan fingerprint density at radius 1 is 1.06 bits per heavy atom. The molecule has 4 rings (SSSR count). The Kier molecular flexibility index (Phi) is 6.90. The van der Waals surface area contributed by atoms with Gasteiger partial charge < -0.3 is 14.5 Å². The number of benzene rings is 3. The quantitative estimate of drug-likeness (QED) is 0.345. The third kappa shape index (κ3) is 5.76. The maximum atomic E-state index is 12.0. The van der Waals surface area contributed by atoms with Crippen LogP contribution in [-0.4, -0.2) is 22.6 Å². The van der Waals surface area contributed by atoms with Crippen LogP contribution in [0.5, 0.6) is 5.75 Å². The van der Waals surface area contributed by atoms with E-state index in [4.69, 9.17) is 44.6 Å². The van der Waals surface area contributed by atoms with E-state index in [0.717, 1.165) is 11.3 Å². The Morgan fingerprint density at radius 2 is 1.81 bits per heavy atom. The average molecular weight is 486 g/mol. The van der Waals surface area contributed by atoms with Gasteiger partial charge in [-0.05, 0) is 54.2 Å². The zero-order valence-corrected chi connectivity index (χ0v) is 18.9. The van der Waals surface area contributed by atoms with Gasteiger partial charge in [0.2, 0.25) is 0 Å². The first-order chi connectivity index (χ1) is 15.5. The van der Waals surface area contributed by atoms with Gasteiger partial charge in [-0.3, -0.25) is 10.1 Å². The maximum Gasteiger partial charge on any atom is 0.264 e. The minimum absolute atomic E-state index is 0.134. The number of fused-ring (bicyclic) bond motifs is 1. The summed E-state index contributed by atoms with van der Waals surface area (Å²) in [4.78, 5) is 16.4. The number of anilines is 1. The number of oxazole rings is 1. The second-order valence-corrected chi connectivity index (χ2v) is 8.07. The molecule has 0 aliphatic carbocycles. The van der Waals surface area contributed by atoms with Gasteiger partial charge in [0.05, 0.1) is 5.02 Å². The predicted octanol–water partition coefficient (Wildman–Crippen LogP) is 5.62. The highest BCUT2D eigenvalue weighted by Gasteiger charge is 2.11. The van der Waals surface area contributed by atoms with E-state index >= 15 is 0 Å². The molecule has 2 N–H and O–H groups in total. The molecule has 0 unspecified atom stereocenters. The average Bonchev–Trinajstić information content (AvgIpc) is 3.17. The molecule has 1 aromatic heterocycles. The minimum Gasteiger partial charge on any atom is -0.484 e. The van der Waals surface area contributed by atoms with Gasteiger partial charge in [0.15, 0.2) is 23.2 Å². The van der Waals surface area contributed by atoms with E-state index in [1.807, 2.05) is 42.5 Å². The lowest BCUT2D eigenvalue weighted by Crippen LogP contribution is -2.37. The van der Waals surface area contributed by atoms with Crippen molar-refractivity contribution >= 4 is 63.2 Å². The van der Waals surface area contributed by atoms with Crippen LogP contribution >= 0.6 is 35.4 Å². The van der Waals surface area contributed by atoms with Gasteiger partial charge in [-0.1, -0.05) is 53.5 Å². The Morgan fingerprint density at radius 3 is 2.56 bits per heavy atom. The molecular weight excluding hydrogens is 469 g/mol. The van der Waals surface area contributed by atoms with Crippen molar-refractivity contribution in [1.82, 2.24) is 10.3 Å². The number of thiocarbonyl (C=S) groups is 1. The van der Waals surface area contributed by atoms with Crippen LogP contribution in [0.25, 0.3) is 11.1 Å². The molecule has 4 aromatic rings. The summed E-state index contributed by atoms with van der Waals surface area (Å²) in [5.74, 6) is 0.796. The van der Waals surface area contributed by atoms with Crippen LogP contribution in [0, 0.1) is 0 Å². The number of hydrogen-bond acceptors (Lipinski definition) is 5. The highest BCUT2D eigenvalue weighted by Crippen LogP contribution is 2.29. The molecule has 9 heteroatoms. The monoisotopic (exact) mass is 485 g/mol. The third-order valence-electron chi connectivity index (χ3n) is 4.39. The second-order valence-electron chi connectivity index (χ2n) is 6.82. The van der Waals surface area contributed by atoms with E-state index in [2.05, 4.69) is 15.6 Å². The van der Waals surface area contributed by atoms with Crippen LogP contribution in [0.2, 0.25) is 10.0 Å². The number of halogens is 2. The number of hydrogen-bond donors (Lipinski definition) is 2. The summed E-state index contributed by atoms with van der Waals surface area (Å²) in [5.41, 5.74) is 2.85. The van der Waals surface area contributed by atoms with E-state index in [1.165, 1.54) is 0 Å². The first kappa shape index (κ1) is 22.1. The van der Waals surface area contributed by atoms with Crippen LogP contribution < -0.4 is 15.4 Å². The Hall–Kier alpha value is -3.13. The number of nitrogens with zero attached hydrogens (tertiary/aromatic N) is 1. The summed E-state index contributed by atoms with van der Waals surface area (Å²) in [5, 5.41) is 6.67. The van der Waals surface area contributed by atoms with Crippen molar-refractivity contribution in [2.24, 2.45) is 0 Å². The number of nitrogens with one attached hydrogen (secondary N) is 2. The maximum absolute atomic E-state index is 12.0. The number of para-hydroxylation sites is 1. The molecule has 3 aromatic carbocycles. The molecule has 0 radical (unpaired) electrons. The first-order valence-corrected chi connectivity index (χ1v) is 10.7. The van der Waals surface area contributed by atoms with Crippen molar-refractivity contribution in [3.8, 4) is 5.75 Å². The molecule has 0 atom stereocenters. The molecule has 0 aliphatic rings. The zero-order valence-electron chi connectivity index (χ0n) is 16.6. The molecular formula is C23H17Cl2N3O3S. The Bertz CT molecular complexity index is 1260. The van der Waals surface area contributed by atoms with Crippen LogP contribution in [0.3, 0.4) is 0 Å². The van der Waals surface area contributed by atoms with Crippen LogP contribution in [-0.2, 0) is 11.2 Å². The smallest absolute Gasteiger partial charge is 0.264 e. The third-order valence-corrected chi connectivity index (χ3v) is 5.09. The van der Waals surface area contributed by atoms with Crippen molar-refractivity contribution in [3.63, 3.8) is 0 Å². The number of rotatable bonds is 6. The lowest BCUT2D eigenvalue weighted by molar-refractivity contribution is -0.121. The molecule has 0 spiro atoms. The lowest BCUT2D eigenvalue weighted by Gasteiger charge is -2.10. The summed E-state index contributed by atoms with van der Waals surface area (Å²) in [7, 11) is 0. The van der Waals surface area contributed by atoms with Gasteiger partial charge in [-0.15, -0.1) is 0 Å². The van der Waals surface area contributed by atoms with Crippen LogP contribution in [0.1, 0.15) is 11.5 Å². The molecule has 1 heterocycles. The van der Waals surface area contributed by atoms with Crippen molar-refractivity contribution in [2.75, 3.05) is 11.9 Å². The fourth-order valence-electron chi connectivity index (χ4n) is 2.95. The van der Waals surface area contributed by atoms with Crippen LogP contribution in [0.4, 0.5) is 5.69 Å². The van der Waals surface area contributed by atoms with E-state index < -0.39 is 0 Å². The van der Waals surface area contributed by atoms with Gasteiger partial charge >= 0.3 is 0 Å². The largest absolute Gasteiger partial charge is 0.484 e. The summed E-state index contributed by atoms with van der Waals surface area (Å²) < 4.78 is 11.2. The molecule has 0 saturated heterocycles. The van der Waals surface area contributed by atoms with E-state index in [0.29, 0.717) is 39.2 Å². The van der Waals surface area contributed by atoms with Crippen molar-refractivity contribution in [1.29, 1.82) is 0 Å². The number of ether oxygens (including phenoxy) is 1. The van der Waals surface area contributed by atoms with Gasteiger partial charge in [0, 0.05) is 17.1 Å². The Labute approximate surface area is 199 Å². The zero-order chi connectivity index (χ0) is 22.5. The highest BCUT2D eigenvalue weighted by atomic mass is 35.5. The second kappa shape index (κ2) is 9.99. The molecule has 0 bridgehead atoms. The van der Waals surface area contributed by atoms with Gasteiger partial charge in [0.1, 0.15) is 11.3 Å². The molecule has 162 valence electrons. The highest BCUT2D eigenvalue weighted by molar-refractivity contribution is 7.80. The predicted molar refractivity (Wildman–Crippen MR) is 130 cm³/mol. The van der Waals surface area contributed by atoms with E-state index in [1.54, 1.807) is 24.3 Å². The number of amides is 1. The Balaban J connectivity index is 1.30. The summed E-state index contributed by atoms with van der Waals surface area (Å²) in [6.45, 7) is -0.134. The normalized spacial score (nSPS) is 10.7. The van der Waals surface area contributed by atoms with Gasteiger partial charge in [-0.2, -0.15) is 0 Å². The van der Waals surface area contributed by atoms with Gasteiger partial charge in [-0.25, -0.2) is 4.98 Å². The fourth-order valence-corrected chi connectivity index (χ4v) is 3.71. The van der Waals surface area contributed by atoms with E-state index in [-0.39, 0.29) is 17.6 Å². The number of aromatic nitrogens is 1. The first-order valence-electron chi connectivity index (χ1n) is 9.58. The molecule has 6 nitrogen and oxygen atoms in total. The molecule has 0 aliphatic heterocycles. The summed E-state index contributed by atoms with van der Waals surface area (Å²) in [6.07, 6.45) is 0.487. The number of carbonyl (C=O) groups excluding carboxylic acids is 1. The molecule has 0 fully saturated rings. The topological polar surface area (TPSA) is 76.4 Å². The molecule has 1 amide bonds. The summed E-state index contributed by atoms with van der Waals surface area (Å²) in [6, 6.07) is 19.9. The SMILES string of the molecule is O=C(COc1ccccc1)NC(=S)Nc1ccc(Cc2nc3cc(Cl)cc(Cl)c3o2)cc1. The van der Waals surface area contributed by atoms with Crippen molar-refractivity contribution < 1.29 is 13.9 Å². The summed E-state index contributed by atoms with van der Waals surface area (Å²) >= 11 is 17.4. The molecule has 0 saturated carbocycles. The van der Waals surface area contributed by atoms with Gasteiger partial charge in [0.25, 0.3) is 5.91 Å². The van der Waals surface area contributed by atoms with Crippen molar-refractivity contribution in [3.05, 3.63) is 88.2 Å². The minimum atomic E-state index is -0.349.